The van der Waals surface area contributed by atoms with Crippen LogP contribution in [0.25, 0.3) is 0 Å². The van der Waals surface area contributed by atoms with Crippen LogP contribution in [0.4, 0.5) is 4.39 Å². The minimum absolute atomic E-state index is 0.0339. The zero-order valence-corrected chi connectivity index (χ0v) is 21.0. The van der Waals surface area contributed by atoms with Gasteiger partial charge < -0.3 is 10.6 Å². The van der Waals surface area contributed by atoms with E-state index in [0.717, 1.165) is 11.4 Å². The highest BCUT2D eigenvalue weighted by Gasteiger charge is 2.75. The lowest BCUT2D eigenvalue weighted by molar-refractivity contribution is -0.151. The molecule has 0 spiro atoms. The third-order valence-electron chi connectivity index (χ3n) is 7.47. The minimum Gasteiger partial charge on any atom is -0.358 e. The SMILES string of the molecule is CC(C)NC(=O)[C@@]1(C)CN=C(C23CC(N(Cc4ccccc4)S(=O)(=O)c4ccc(F)cc4)(C2)C3)N1. The van der Waals surface area contributed by atoms with Crippen molar-refractivity contribution in [3.8, 4) is 0 Å². The van der Waals surface area contributed by atoms with Gasteiger partial charge in [-0.1, -0.05) is 30.3 Å². The normalized spacial score (nSPS) is 29.3. The number of halogens is 1. The molecule has 1 aliphatic heterocycles. The molecular weight excluding hydrogens is 467 g/mol. The van der Waals surface area contributed by atoms with E-state index in [1.54, 1.807) is 4.31 Å². The Morgan fingerprint density at radius 3 is 2.34 bits per heavy atom. The van der Waals surface area contributed by atoms with E-state index >= 15 is 0 Å². The maximum atomic E-state index is 13.7. The van der Waals surface area contributed by atoms with Crippen LogP contribution in [0.2, 0.25) is 0 Å². The van der Waals surface area contributed by atoms with E-state index in [-0.39, 0.29) is 28.8 Å². The molecule has 0 saturated heterocycles. The third kappa shape index (κ3) is 3.94. The van der Waals surface area contributed by atoms with Crippen LogP contribution in [0.1, 0.15) is 45.6 Å². The molecule has 7 nitrogen and oxygen atoms in total. The van der Waals surface area contributed by atoms with Gasteiger partial charge in [0.2, 0.25) is 15.9 Å². The number of nitrogens with zero attached hydrogens (tertiary/aromatic N) is 2. The quantitative estimate of drug-likeness (QED) is 0.585. The lowest BCUT2D eigenvalue weighted by Crippen LogP contribution is -2.79. The van der Waals surface area contributed by atoms with Gasteiger partial charge in [0.1, 0.15) is 17.2 Å². The van der Waals surface area contributed by atoms with Crippen LogP contribution in [0.15, 0.2) is 64.5 Å². The first-order chi connectivity index (χ1) is 16.5. The Morgan fingerprint density at radius 2 is 1.74 bits per heavy atom. The third-order valence-corrected chi connectivity index (χ3v) is 9.44. The second kappa shape index (κ2) is 8.13. The number of aliphatic imine (C=N–C) groups is 1. The van der Waals surface area contributed by atoms with Crippen LogP contribution < -0.4 is 10.6 Å². The Morgan fingerprint density at radius 1 is 1.11 bits per heavy atom. The summed E-state index contributed by atoms with van der Waals surface area (Å²) in [7, 11) is -3.85. The highest BCUT2D eigenvalue weighted by molar-refractivity contribution is 7.89. The zero-order chi connectivity index (χ0) is 25.1. The average Bonchev–Trinajstić information content (AvgIpc) is 3.15. The Balaban J connectivity index is 1.37. The summed E-state index contributed by atoms with van der Waals surface area (Å²) < 4.78 is 42.6. The van der Waals surface area contributed by atoms with E-state index in [0.29, 0.717) is 25.8 Å². The molecule has 2 N–H and O–H groups in total. The number of sulfonamides is 1. The fraction of sp³-hybridized carbons (Fsp3) is 0.462. The lowest BCUT2D eigenvalue weighted by atomic mass is 9.38. The van der Waals surface area contributed by atoms with Crippen LogP contribution in [0, 0.1) is 11.2 Å². The molecule has 6 rings (SSSR count). The molecule has 0 aromatic heterocycles. The number of hydrogen-bond donors (Lipinski definition) is 2. The van der Waals surface area contributed by atoms with Crippen molar-refractivity contribution in [2.45, 2.75) is 68.6 Å². The summed E-state index contributed by atoms with van der Waals surface area (Å²) in [6.07, 6.45) is 1.92. The Labute approximate surface area is 205 Å². The van der Waals surface area contributed by atoms with Gasteiger partial charge >= 0.3 is 0 Å². The highest BCUT2D eigenvalue weighted by Crippen LogP contribution is 2.71. The van der Waals surface area contributed by atoms with Crippen molar-refractivity contribution >= 4 is 21.8 Å². The van der Waals surface area contributed by atoms with Gasteiger partial charge in [-0.05, 0) is 69.9 Å². The monoisotopic (exact) mass is 498 g/mol. The van der Waals surface area contributed by atoms with Crippen molar-refractivity contribution < 1.29 is 17.6 Å². The number of rotatable bonds is 8. The van der Waals surface area contributed by atoms with Gasteiger partial charge in [0, 0.05) is 23.5 Å². The van der Waals surface area contributed by atoms with E-state index < -0.39 is 26.9 Å². The van der Waals surface area contributed by atoms with Gasteiger partial charge in [0.15, 0.2) is 0 Å². The Kier molecular flexibility index (Phi) is 5.56. The topological polar surface area (TPSA) is 90.9 Å². The van der Waals surface area contributed by atoms with Crippen molar-refractivity contribution in [3.05, 3.63) is 66.0 Å². The lowest BCUT2D eigenvalue weighted by Gasteiger charge is -2.73. The maximum absolute atomic E-state index is 13.7. The fourth-order valence-corrected chi connectivity index (χ4v) is 7.43. The average molecular weight is 499 g/mol. The molecule has 35 heavy (non-hydrogen) atoms. The molecule has 9 heteroatoms. The van der Waals surface area contributed by atoms with Gasteiger partial charge in [-0.15, -0.1) is 0 Å². The summed E-state index contributed by atoms with van der Waals surface area (Å²) in [5, 5.41) is 6.32. The summed E-state index contributed by atoms with van der Waals surface area (Å²) in [6.45, 7) is 6.29. The van der Waals surface area contributed by atoms with Crippen molar-refractivity contribution in [1.82, 2.24) is 14.9 Å². The second-order valence-electron chi connectivity index (χ2n) is 10.7. The number of benzene rings is 2. The van der Waals surface area contributed by atoms with E-state index in [1.165, 1.54) is 24.3 Å². The van der Waals surface area contributed by atoms with Crippen LogP contribution >= 0.6 is 0 Å². The first kappa shape index (κ1) is 23.9. The number of carbonyl (C=O) groups excluding carboxylic acids is 1. The Hall–Kier alpha value is -2.78. The first-order valence-electron chi connectivity index (χ1n) is 11.9. The summed E-state index contributed by atoms with van der Waals surface area (Å²) >= 11 is 0. The maximum Gasteiger partial charge on any atom is 0.247 e. The molecule has 2 aromatic carbocycles. The molecule has 186 valence electrons. The van der Waals surface area contributed by atoms with Gasteiger partial charge in [0.05, 0.1) is 11.4 Å². The van der Waals surface area contributed by atoms with Crippen molar-refractivity contribution in [2.75, 3.05) is 6.54 Å². The summed E-state index contributed by atoms with van der Waals surface area (Å²) in [6, 6.07) is 14.5. The molecule has 1 atom stereocenters. The molecule has 4 aliphatic rings. The van der Waals surface area contributed by atoms with Crippen LogP contribution in [0.3, 0.4) is 0 Å². The van der Waals surface area contributed by atoms with Crippen molar-refractivity contribution in [1.29, 1.82) is 0 Å². The van der Waals surface area contributed by atoms with Crippen molar-refractivity contribution in [3.63, 3.8) is 0 Å². The fourth-order valence-electron chi connectivity index (χ4n) is 5.67. The molecule has 3 fully saturated rings. The number of amidine groups is 1. The largest absolute Gasteiger partial charge is 0.358 e. The van der Waals surface area contributed by atoms with E-state index in [9.17, 15) is 17.6 Å². The van der Waals surface area contributed by atoms with Gasteiger partial charge in [-0.3, -0.25) is 9.79 Å². The minimum atomic E-state index is -3.85. The first-order valence-corrected chi connectivity index (χ1v) is 13.4. The van der Waals surface area contributed by atoms with Gasteiger partial charge in [-0.25, -0.2) is 12.8 Å². The molecule has 2 aromatic rings. The standard InChI is InChI=1S/C26H31FN4O3S/c1-18(2)29-23(32)24(3)17-28-22(30-24)25-14-26(15-25,16-25)31(13-19-7-5-4-6-8-19)35(33,34)21-11-9-20(27)10-12-21/h4-12,18H,13-17H2,1-3H3,(H,28,30)(H,29,32)/t24-,25?,26?/m1/s1. The number of amides is 1. The summed E-state index contributed by atoms with van der Waals surface area (Å²) in [5.41, 5.74) is -0.659. The predicted octanol–water partition coefficient (Wildman–Crippen LogP) is 3.22. The molecule has 1 heterocycles. The van der Waals surface area contributed by atoms with Gasteiger partial charge in [0.25, 0.3) is 0 Å². The predicted molar refractivity (Wildman–Crippen MR) is 132 cm³/mol. The van der Waals surface area contributed by atoms with Crippen LogP contribution in [-0.4, -0.2) is 48.1 Å². The molecule has 0 radical (unpaired) electrons. The highest BCUT2D eigenvalue weighted by atomic mass is 32.2. The van der Waals surface area contributed by atoms with Crippen molar-refractivity contribution in [2.24, 2.45) is 10.4 Å². The second-order valence-corrected chi connectivity index (χ2v) is 12.6. The number of carbonyl (C=O) groups is 1. The smallest absolute Gasteiger partial charge is 0.247 e. The van der Waals surface area contributed by atoms with E-state index in [4.69, 9.17) is 0 Å². The Bertz CT molecular complexity index is 1260. The molecule has 0 unspecified atom stereocenters. The van der Waals surface area contributed by atoms with Gasteiger partial charge in [-0.2, -0.15) is 4.31 Å². The number of nitrogens with one attached hydrogen (secondary N) is 2. The van der Waals surface area contributed by atoms with Crippen LogP contribution in [0.5, 0.6) is 0 Å². The summed E-state index contributed by atoms with van der Waals surface area (Å²) in [4.78, 5) is 17.5. The number of hydrogen-bond acceptors (Lipinski definition) is 5. The van der Waals surface area contributed by atoms with E-state index in [2.05, 4.69) is 15.6 Å². The molecule has 1 amide bonds. The molecule has 3 saturated carbocycles. The van der Waals surface area contributed by atoms with Crippen LogP contribution in [-0.2, 0) is 21.4 Å². The zero-order valence-electron chi connectivity index (χ0n) is 20.2. The summed E-state index contributed by atoms with van der Waals surface area (Å²) in [5.74, 6) is 0.245. The molecular formula is C26H31FN4O3S. The molecule has 2 bridgehead atoms. The molecule has 3 aliphatic carbocycles. The van der Waals surface area contributed by atoms with E-state index in [1.807, 2.05) is 51.1 Å².